The van der Waals surface area contributed by atoms with Gasteiger partial charge in [-0.15, -0.1) is 0 Å². The van der Waals surface area contributed by atoms with Crippen molar-refractivity contribution in [3.63, 3.8) is 0 Å². The number of pyridine rings is 1. The summed E-state index contributed by atoms with van der Waals surface area (Å²) in [6.07, 6.45) is 8.19. The molecular weight excluding hydrogens is 230 g/mol. The Morgan fingerprint density at radius 1 is 1.35 bits per heavy atom. The van der Waals surface area contributed by atoms with Crippen molar-refractivity contribution in [2.24, 2.45) is 5.73 Å². The lowest BCUT2D eigenvalue weighted by Gasteiger charge is -2.18. The summed E-state index contributed by atoms with van der Waals surface area (Å²) < 4.78 is 2.10. The summed E-state index contributed by atoms with van der Waals surface area (Å²) >= 11 is 2.04. The van der Waals surface area contributed by atoms with Crippen molar-refractivity contribution < 1.29 is 0 Å². The lowest BCUT2D eigenvalue weighted by atomic mass is 10.1. The molecule has 1 atom stereocenters. The maximum atomic E-state index is 5.65. The Balaban J connectivity index is 1.95. The number of imidazole rings is 1. The molecule has 0 amide bonds. The molecule has 1 unspecified atom stereocenters. The minimum absolute atomic E-state index is 0.585. The minimum Gasteiger partial charge on any atom is -0.326 e. The van der Waals surface area contributed by atoms with Crippen molar-refractivity contribution in [1.29, 1.82) is 0 Å². The molecule has 4 heteroatoms. The number of hydrogen-bond donors (Lipinski definition) is 1. The molecule has 0 saturated carbocycles. The van der Waals surface area contributed by atoms with Crippen LogP contribution in [0.4, 0.5) is 0 Å². The Bertz CT molecular complexity index is 514. The fraction of sp³-hybridized carbons (Fsp3) is 0.462. The van der Waals surface area contributed by atoms with E-state index >= 15 is 0 Å². The summed E-state index contributed by atoms with van der Waals surface area (Å²) in [6, 6.07) is 4.11. The molecule has 0 aliphatic carbocycles. The molecule has 2 aromatic heterocycles. The normalized spacial score (nSPS) is 20.9. The van der Waals surface area contributed by atoms with Crippen LogP contribution in [0.1, 0.15) is 35.8 Å². The second-order valence-corrected chi connectivity index (χ2v) is 5.84. The Labute approximate surface area is 105 Å². The highest BCUT2D eigenvalue weighted by molar-refractivity contribution is 7.99. The topological polar surface area (TPSA) is 43.3 Å². The molecular formula is C13H17N3S. The average Bonchev–Trinajstić information content (AvgIpc) is 2.82. The summed E-state index contributed by atoms with van der Waals surface area (Å²) in [7, 11) is 0. The van der Waals surface area contributed by atoms with Crippen molar-refractivity contribution >= 4 is 17.4 Å². The Hall–Kier alpha value is -1.00. The highest BCUT2D eigenvalue weighted by atomic mass is 32.2. The van der Waals surface area contributed by atoms with Gasteiger partial charge in [-0.2, -0.15) is 11.8 Å². The number of nitrogens with two attached hydrogens (primary N) is 1. The van der Waals surface area contributed by atoms with Crippen LogP contribution in [0.3, 0.4) is 0 Å². The summed E-state index contributed by atoms with van der Waals surface area (Å²) in [5.74, 6) is 1.27. The van der Waals surface area contributed by atoms with E-state index in [1.165, 1.54) is 30.7 Å². The zero-order chi connectivity index (χ0) is 11.7. The van der Waals surface area contributed by atoms with E-state index in [2.05, 4.69) is 28.9 Å². The van der Waals surface area contributed by atoms with Gasteiger partial charge >= 0.3 is 0 Å². The van der Waals surface area contributed by atoms with E-state index in [9.17, 15) is 0 Å². The smallest absolute Gasteiger partial charge is 0.137 e. The number of hydrogen-bond acceptors (Lipinski definition) is 3. The van der Waals surface area contributed by atoms with Gasteiger partial charge in [-0.3, -0.25) is 0 Å². The second kappa shape index (κ2) is 4.70. The van der Waals surface area contributed by atoms with Crippen LogP contribution >= 0.6 is 11.8 Å². The van der Waals surface area contributed by atoms with Gasteiger partial charge in [0.2, 0.25) is 0 Å². The van der Waals surface area contributed by atoms with E-state index in [1.807, 2.05) is 11.8 Å². The molecule has 0 radical (unpaired) electrons. The van der Waals surface area contributed by atoms with Crippen LogP contribution in [-0.2, 0) is 6.54 Å². The first-order valence-electron chi connectivity index (χ1n) is 6.16. The zero-order valence-electron chi connectivity index (χ0n) is 9.80. The molecule has 3 rings (SSSR count). The number of fused-ring (bicyclic) bond motifs is 1. The van der Waals surface area contributed by atoms with Crippen LogP contribution in [-0.4, -0.2) is 15.1 Å². The monoisotopic (exact) mass is 247 g/mol. The number of nitrogens with zero attached hydrogens (tertiary/aromatic N) is 2. The number of rotatable bonds is 2. The van der Waals surface area contributed by atoms with E-state index in [0.29, 0.717) is 11.8 Å². The number of thioether (sulfide) groups is 1. The van der Waals surface area contributed by atoms with Crippen molar-refractivity contribution in [3.05, 3.63) is 35.8 Å². The molecule has 1 fully saturated rings. The molecule has 2 aromatic rings. The maximum Gasteiger partial charge on any atom is 0.137 e. The zero-order valence-corrected chi connectivity index (χ0v) is 10.6. The fourth-order valence-corrected chi connectivity index (χ4v) is 3.58. The van der Waals surface area contributed by atoms with Gasteiger partial charge in [0.15, 0.2) is 0 Å². The summed E-state index contributed by atoms with van der Waals surface area (Å²) in [6.45, 7) is 0.585. The van der Waals surface area contributed by atoms with Crippen LogP contribution in [0.2, 0.25) is 0 Å². The van der Waals surface area contributed by atoms with E-state index in [0.717, 1.165) is 11.2 Å². The highest BCUT2D eigenvalue weighted by Crippen LogP contribution is 2.37. The van der Waals surface area contributed by atoms with Gasteiger partial charge in [0, 0.05) is 24.2 Å². The van der Waals surface area contributed by atoms with Gasteiger partial charge in [0.1, 0.15) is 5.65 Å². The Kier molecular flexibility index (Phi) is 3.07. The quantitative estimate of drug-likeness (QED) is 0.887. The van der Waals surface area contributed by atoms with E-state index in [1.54, 1.807) is 0 Å². The van der Waals surface area contributed by atoms with Crippen molar-refractivity contribution in [2.75, 3.05) is 5.75 Å². The lowest BCUT2D eigenvalue weighted by Crippen LogP contribution is -2.02. The summed E-state index contributed by atoms with van der Waals surface area (Å²) in [5, 5.41) is 0.588. The Morgan fingerprint density at radius 3 is 3.06 bits per heavy atom. The lowest BCUT2D eigenvalue weighted by molar-refractivity contribution is 0.678. The SMILES string of the molecule is NCc1ccc2nc(C3CCCCS3)cn2c1. The standard InChI is InChI=1S/C13H17N3S/c14-7-10-4-5-13-15-11(9-16(13)8-10)12-3-1-2-6-17-12/h4-5,8-9,12H,1-3,6-7,14H2. The molecule has 1 aliphatic rings. The van der Waals surface area contributed by atoms with Crippen LogP contribution in [0.15, 0.2) is 24.5 Å². The molecule has 90 valence electrons. The van der Waals surface area contributed by atoms with Crippen molar-refractivity contribution in [2.45, 2.75) is 31.1 Å². The van der Waals surface area contributed by atoms with Gasteiger partial charge < -0.3 is 10.1 Å². The first-order valence-corrected chi connectivity index (χ1v) is 7.21. The van der Waals surface area contributed by atoms with Crippen LogP contribution < -0.4 is 5.73 Å². The molecule has 0 spiro atoms. The van der Waals surface area contributed by atoms with Gasteiger partial charge in [0.25, 0.3) is 0 Å². The van der Waals surface area contributed by atoms with Gasteiger partial charge in [-0.25, -0.2) is 4.98 Å². The summed E-state index contributed by atoms with van der Waals surface area (Å²) in [4.78, 5) is 4.71. The van der Waals surface area contributed by atoms with E-state index in [-0.39, 0.29) is 0 Å². The molecule has 3 heterocycles. The minimum atomic E-state index is 0.585. The van der Waals surface area contributed by atoms with Gasteiger partial charge in [-0.1, -0.05) is 12.5 Å². The molecule has 17 heavy (non-hydrogen) atoms. The second-order valence-electron chi connectivity index (χ2n) is 4.53. The predicted molar refractivity (Wildman–Crippen MR) is 72.1 cm³/mol. The summed E-state index contributed by atoms with van der Waals surface area (Å²) in [5.41, 5.74) is 9.06. The fourth-order valence-electron chi connectivity index (χ4n) is 2.31. The molecule has 0 aromatic carbocycles. The Morgan fingerprint density at radius 2 is 2.29 bits per heavy atom. The largest absolute Gasteiger partial charge is 0.326 e. The highest BCUT2D eigenvalue weighted by Gasteiger charge is 2.18. The third kappa shape index (κ3) is 2.19. The predicted octanol–water partition coefficient (Wildman–Crippen LogP) is 2.75. The average molecular weight is 247 g/mol. The first kappa shape index (κ1) is 11.1. The van der Waals surface area contributed by atoms with Gasteiger partial charge in [-0.05, 0) is 30.2 Å². The van der Waals surface area contributed by atoms with Crippen molar-refractivity contribution in [1.82, 2.24) is 9.38 Å². The third-order valence-corrected chi connectivity index (χ3v) is 4.68. The van der Waals surface area contributed by atoms with E-state index < -0.39 is 0 Å². The van der Waals surface area contributed by atoms with Crippen LogP contribution in [0, 0.1) is 0 Å². The number of aromatic nitrogens is 2. The van der Waals surface area contributed by atoms with E-state index in [4.69, 9.17) is 10.7 Å². The molecule has 1 aliphatic heterocycles. The van der Waals surface area contributed by atoms with Crippen LogP contribution in [0.25, 0.3) is 5.65 Å². The molecule has 0 bridgehead atoms. The molecule has 3 nitrogen and oxygen atoms in total. The maximum absolute atomic E-state index is 5.65. The third-order valence-electron chi connectivity index (χ3n) is 3.28. The van der Waals surface area contributed by atoms with Crippen molar-refractivity contribution in [3.8, 4) is 0 Å². The molecule has 1 saturated heterocycles. The molecule has 2 N–H and O–H groups in total. The van der Waals surface area contributed by atoms with Gasteiger partial charge in [0.05, 0.1) is 5.69 Å². The first-order chi connectivity index (χ1) is 8.36. The van der Waals surface area contributed by atoms with Crippen LogP contribution in [0.5, 0.6) is 0 Å².